The molecule has 9 heteroatoms. The second kappa shape index (κ2) is 5.24. The van der Waals surface area contributed by atoms with Crippen LogP contribution in [-0.2, 0) is 16.6 Å². The average molecular weight is 302 g/mol. The van der Waals surface area contributed by atoms with Crippen molar-refractivity contribution in [3.05, 3.63) is 23.5 Å². The van der Waals surface area contributed by atoms with Crippen LogP contribution in [0, 0.1) is 0 Å². The summed E-state index contributed by atoms with van der Waals surface area (Å²) in [6, 6.07) is 1.64. The van der Waals surface area contributed by atoms with Crippen molar-refractivity contribution in [1.29, 1.82) is 0 Å². The number of primary sulfonamides is 1. The van der Waals surface area contributed by atoms with E-state index in [1.807, 2.05) is 6.92 Å². The molecule has 0 fully saturated rings. The smallest absolute Gasteiger partial charge is 0.273 e. The SMILES string of the molecule is CCCn1c(-c2ccncc2Cl)nnc1S(N)(=O)=O. The van der Waals surface area contributed by atoms with Gasteiger partial charge in [-0.15, -0.1) is 10.2 Å². The molecule has 102 valence electrons. The number of hydrogen-bond donors (Lipinski definition) is 1. The van der Waals surface area contributed by atoms with Crippen molar-refractivity contribution >= 4 is 21.6 Å². The van der Waals surface area contributed by atoms with E-state index < -0.39 is 10.0 Å². The maximum Gasteiger partial charge on any atom is 0.273 e. The summed E-state index contributed by atoms with van der Waals surface area (Å²) in [5.74, 6) is 0.360. The molecule has 2 N–H and O–H groups in total. The van der Waals surface area contributed by atoms with Gasteiger partial charge in [0.2, 0.25) is 0 Å². The predicted octanol–water partition coefficient (Wildman–Crippen LogP) is 1.05. The Bertz CT molecular complexity index is 698. The van der Waals surface area contributed by atoms with Crippen molar-refractivity contribution < 1.29 is 8.42 Å². The van der Waals surface area contributed by atoms with Crippen molar-refractivity contribution in [2.75, 3.05) is 0 Å². The van der Waals surface area contributed by atoms with E-state index in [4.69, 9.17) is 16.7 Å². The highest BCUT2D eigenvalue weighted by Gasteiger charge is 2.22. The Balaban J connectivity index is 2.66. The molecule has 0 atom stereocenters. The third-order valence-corrected chi connectivity index (χ3v) is 3.54. The van der Waals surface area contributed by atoms with E-state index in [1.54, 1.807) is 12.3 Å². The number of sulfonamides is 1. The number of hydrogen-bond acceptors (Lipinski definition) is 5. The van der Waals surface area contributed by atoms with Crippen LogP contribution < -0.4 is 5.14 Å². The molecule has 0 unspecified atom stereocenters. The van der Waals surface area contributed by atoms with Gasteiger partial charge in [0, 0.05) is 24.5 Å². The number of aromatic nitrogens is 4. The first-order valence-corrected chi connectivity index (χ1v) is 7.43. The van der Waals surface area contributed by atoms with E-state index in [0.717, 1.165) is 0 Å². The number of nitrogens with two attached hydrogens (primary N) is 1. The summed E-state index contributed by atoms with van der Waals surface area (Å²) in [4.78, 5) is 3.87. The Hall–Kier alpha value is -1.51. The van der Waals surface area contributed by atoms with Gasteiger partial charge in [0.25, 0.3) is 15.2 Å². The average Bonchev–Trinajstić information content (AvgIpc) is 2.74. The van der Waals surface area contributed by atoms with Crippen LogP contribution in [0.2, 0.25) is 5.02 Å². The fourth-order valence-electron chi connectivity index (χ4n) is 1.68. The Kier molecular flexibility index (Phi) is 3.83. The first-order valence-electron chi connectivity index (χ1n) is 5.51. The zero-order valence-electron chi connectivity index (χ0n) is 10.1. The van der Waals surface area contributed by atoms with Crippen molar-refractivity contribution in [2.24, 2.45) is 5.14 Å². The van der Waals surface area contributed by atoms with Crippen LogP contribution in [0.1, 0.15) is 13.3 Å². The molecule has 2 aromatic heterocycles. The molecule has 0 radical (unpaired) electrons. The normalized spacial score (nSPS) is 11.7. The minimum absolute atomic E-state index is 0.266. The lowest BCUT2D eigenvalue weighted by atomic mass is 10.2. The van der Waals surface area contributed by atoms with E-state index in [2.05, 4.69) is 15.2 Å². The van der Waals surface area contributed by atoms with E-state index in [1.165, 1.54) is 10.8 Å². The van der Waals surface area contributed by atoms with Gasteiger partial charge in [0.05, 0.1) is 5.02 Å². The van der Waals surface area contributed by atoms with E-state index in [0.29, 0.717) is 29.4 Å². The van der Waals surface area contributed by atoms with Gasteiger partial charge in [-0.3, -0.25) is 9.55 Å². The third-order valence-electron chi connectivity index (χ3n) is 2.43. The highest BCUT2D eigenvalue weighted by molar-refractivity contribution is 7.89. The number of halogens is 1. The maximum atomic E-state index is 11.5. The number of pyridine rings is 1. The van der Waals surface area contributed by atoms with E-state index in [9.17, 15) is 8.42 Å². The zero-order valence-corrected chi connectivity index (χ0v) is 11.7. The standard InChI is InChI=1S/C10H12ClN5O2S/c1-2-5-16-9(7-3-4-13-6-8(7)11)14-15-10(16)19(12,17)18/h3-4,6H,2,5H2,1H3,(H2,12,17,18). The summed E-state index contributed by atoms with van der Waals surface area (Å²) in [7, 11) is -3.93. The molecule has 0 bridgehead atoms. The minimum Gasteiger partial charge on any atom is -0.297 e. The zero-order chi connectivity index (χ0) is 14.0. The quantitative estimate of drug-likeness (QED) is 0.909. The van der Waals surface area contributed by atoms with Gasteiger partial charge < -0.3 is 0 Å². The predicted molar refractivity (Wildman–Crippen MR) is 69.9 cm³/mol. The Morgan fingerprint density at radius 1 is 1.42 bits per heavy atom. The van der Waals surface area contributed by atoms with Crippen molar-refractivity contribution in [3.8, 4) is 11.4 Å². The van der Waals surface area contributed by atoms with Crippen LogP contribution in [0.3, 0.4) is 0 Å². The molecule has 2 heterocycles. The summed E-state index contributed by atoms with van der Waals surface area (Å²) in [6.45, 7) is 2.33. The molecule has 0 aliphatic rings. The fraction of sp³-hybridized carbons (Fsp3) is 0.300. The summed E-state index contributed by atoms with van der Waals surface area (Å²) in [6.07, 6.45) is 3.71. The molecule has 7 nitrogen and oxygen atoms in total. The van der Waals surface area contributed by atoms with Gasteiger partial charge in [-0.1, -0.05) is 18.5 Å². The van der Waals surface area contributed by atoms with Gasteiger partial charge in [-0.25, -0.2) is 13.6 Å². The van der Waals surface area contributed by atoms with Crippen LogP contribution in [0.5, 0.6) is 0 Å². The second-order valence-electron chi connectivity index (χ2n) is 3.86. The molecule has 0 amide bonds. The van der Waals surface area contributed by atoms with Gasteiger partial charge in [-0.05, 0) is 12.5 Å². The van der Waals surface area contributed by atoms with E-state index >= 15 is 0 Å². The maximum absolute atomic E-state index is 11.5. The highest BCUT2D eigenvalue weighted by Crippen LogP contribution is 2.26. The molecule has 19 heavy (non-hydrogen) atoms. The van der Waals surface area contributed by atoms with Gasteiger partial charge in [-0.2, -0.15) is 0 Å². The molecule has 0 saturated heterocycles. The molecular formula is C10H12ClN5O2S. The second-order valence-corrected chi connectivity index (χ2v) is 5.72. The lowest BCUT2D eigenvalue weighted by Gasteiger charge is -2.08. The highest BCUT2D eigenvalue weighted by atomic mass is 35.5. The van der Waals surface area contributed by atoms with Crippen LogP contribution in [0.25, 0.3) is 11.4 Å². The molecule has 2 aromatic rings. The van der Waals surface area contributed by atoms with Gasteiger partial charge >= 0.3 is 0 Å². The Morgan fingerprint density at radius 3 is 2.74 bits per heavy atom. The van der Waals surface area contributed by atoms with Crippen molar-refractivity contribution in [3.63, 3.8) is 0 Å². The largest absolute Gasteiger partial charge is 0.297 e. The van der Waals surface area contributed by atoms with Gasteiger partial charge in [0.15, 0.2) is 5.82 Å². The fourth-order valence-corrected chi connectivity index (χ4v) is 2.52. The molecule has 0 aromatic carbocycles. The monoisotopic (exact) mass is 301 g/mol. The minimum atomic E-state index is -3.93. The van der Waals surface area contributed by atoms with E-state index in [-0.39, 0.29) is 5.16 Å². The third kappa shape index (κ3) is 2.75. The summed E-state index contributed by atoms with van der Waals surface area (Å²) in [5.41, 5.74) is 0.563. The molecule has 2 rings (SSSR count). The summed E-state index contributed by atoms with van der Waals surface area (Å²) in [5, 5.41) is 12.7. The molecule has 0 saturated carbocycles. The lowest BCUT2D eigenvalue weighted by molar-refractivity contribution is 0.559. The number of nitrogens with zero attached hydrogens (tertiary/aromatic N) is 4. The topological polar surface area (TPSA) is 104 Å². The van der Waals surface area contributed by atoms with Crippen LogP contribution in [0.4, 0.5) is 0 Å². The van der Waals surface area contributed by atoms with Crippen molar-refractivity contribution in [2.45, 2.75) is 25.0 Å². The van der Waals surface area contributed by atoms with Crippen molar-refractivity contribution in [1.82, 2.24) is 19.7 Å². The Labute approximate surface area is 115 Å². The first-order chi connectivity index (χ1) is 8.95. The summed E-state index contributed by atoms with van der Waals surface area (Å²) >= 11 is 6.03. The first kappa shape index (κ1) is 13.9. The summed E-state index contributed by atoms with van der Waals surface area (Å²) < 4.78 is 24.4. The molecular weight excluding hydrogens is 290 g/mol. The van der Waals surface area contributed by atoms with Crippen LogP contribution >= 0.6 is 11.6 Å². The Morgan fingerprint density at radius 2 is 2.16 bits per heavy atom. The molecule has 0 aliphatic carbocycles. The molecule has 0 spiro atoms. The number of rotatable bonds is 4. The molecule has 0 aliphatic heterocycles. The van der Waals surface area contributed by atoms with Gasteiger partial charge in [0.1, 0.15) is 0 Å². The lowest BCUT2D eigenvalue weighted by Crippen LogP contribution is -2.19. The van der Waals surface area contributed by atoms with Crippen LogP contribution in [0.15, 0.2) is 23.6 Å². The van der Waals surface area contributed by atoms with Crippen LogP contribution in [-0.4, -0.2) is 28.2 Å².